The Morgan fingerprint density at radius 3 is 2.58 bits per heavy atom. The van der Waals surface area contributed by atoms with Crippen molar-refractivity contribution in [2.45, 2.75) is 70.6 Å². The van der Waals surface area contributed by atoms with Gasteiger partial charge in [0, 0.05) is 17.0 Å². The van der Waals surface area contributed by atoms with E-state index in [1.54, 1.807) is 0 Å². The fourth-order valence-electron chi connectivity index (χ4n) is 7.09. The topological polar surface area (TPSA) is 66.5 Å². The SMILES string of the molecule is C#CC1=CCC2C3C(O)[C@H](O)C4C[C@@H](N)CC[C@]4(C)C3CC[C@]12C. The molecular weight excluding hydrogens is 298 g/mol. The molecule has 3 fully saturated rings. The third kappa shape index (κ3) is 1.97. The van der Waals surface area contributed by atoms with Crippen LogP contribution in [0.5, 0.6) is 0 Å². The first-order valence-corrected chi connectivity index (χ1v) is 9.62. The molecule has 4 rings (SSSR count). The molecule has 3 nitrogen and oxygen atoms in total. The van der Waals surface area contributed by atoms with E-state index in [9.17, 15) is 10.2 Å². The summed E-state index contributed by atoms with van der Waals surface area (Å²) in [7, 11) is 0. The minimum Gasteiger partial charge on any atom is -0.390 e. The van der Waals surface area contributed by atoms with E-state index in [4.69, 9.17) is 12.2 Å². The molecule has 0 radical (unpaired) electrons. The fraction of sp³-hybridized carbons (Fsp3) is 0.810. The number of aliphatic hydroxyl groups excluding tert-OH is 2. The van der Waals surface area contributed by atoms with Crippen molar-refractivity contribution in [2.24, 2.45) is 40.2 Å². The summed E-state index contributed by atoms with van der Waals surface area (Å²) >= 11 is 0. The van der Waals surface area contributed by atoms with Crippen LogP contribution in [0.1, 0.15) is 52.4 Å². The van der Waals surface area contributed by atoms with Crippen molar-refractivity contribution in [2.75, 3.05) is 0 Å². The van der Waals surface area contributed by atoms with Crippen LogP contribution in [0.25, 0.3) is 0 Å². The Bertz CT molecular complexity index is 607. The Labute approximate surface area is 145 Å². The first-order valence-electron chi connectivity index (χ1n) is 9.62. The second kappa shape index (κ2) is 5.34. The lowest BCUT2D eigenvalue weighted by Crippen LogP contribution is -2.64. The molecule has 0 heterocycles. The fourth-order valence-corrected chi connectivity index (χ4v) is 7.09. The van der Waals surface area contributed by atoms with Gasteiger partial charge in [-0.25, -0.2) is 0 Å². The Morgan fingerprint density at radius 1 is 1.12 bits per heavy atom. The molecule has 0 amide bonds. The van der Waals surface area contributed by atoms with Crippen LogP contribution in [0.3, 0.4) is 0 Å². The van der Waals surface area contributed by atoms with Crippen LogP contribution in [0.2, 0.25) is 0 Å². The van der Waals surface area contributed by atoms with E-state index < -0.39 is 12.2 Å². The van der Waals surface area contributed by atoms with Crippen LogP contribution >= 0.6 is 0 Å². The molecule has 0 aromatic carbocycles. The van der Waals surface area contributed by atoms with Crippen molar-refractivity contribution in [1.82, 2.24) is 0 Å². The number of nitrogens with two attached hydrogens (primary N) is 1. The molecule has 0 spiro atoms. The molecule has 3 saturated carbocycles. The van der Waals surface area contributed by atoms with Crippen molar-refractivity contribution >= 4 is 0 Å². The van der Waals surface area contributed by atoms with Gasteiger partial charge >= 0.3 is 0 Å². The largest absolute Gasteiger partial charge is 0.390 e. The Hall–Kier alpha value is -0.820. The highest BCUT2D eigenvalue weighted by Crippen LogP contribution is 2.66. The van der Waals surface area contributed by atoms with Gasteiger partial charge in [-0.3, -0.25) is 0 Å². The first kappa shape index (κ1) is 16.6. The van der Waals surface area contributed by atoms with Gasteiger partial charge < -0.3 is 15.9 Å². The van der Waals surface area contributed by atoms with Gasteiger partial charge in [-0.05, 0) is 67.6 Å². The number of allylic oxidation sites excluding steroid dienone is 2. The number of rotatable bonds is 0. The lowest BCUT2D eigenvalue weighted by molar-refractivity contribution is -0.210. The number of fused-ring (bicyclic) bond motifs is 5. The molecule has 132 valence electrons. The predicted molar refractivity (Wildman–Crippen MR) is 94.8 cm³/mol. The molecule has 0 aliphatic heterocycles. The summed E-state index contributed by atoms with van der Waals surface area (Å²) in [6.07, 6.45) is 12.8. The highest BCUT2D eigenvalue weighted by atomic mass is 16.3. The zero-order chi connectivity index (χ0) is 17.3. The number of hydrogen-bond acceptors (Lipinski definition) is 3. The van der Waals surface area contributed by atoms with Crippen LogP contribution in [-0.2, 0) is 0 Å². The van der Waals surface area contributed by atoms with E-state index in [1.807, 2.05) is 0 Å². The van der Waals surface area contributed by atoms with E-state index in [-0.39, 0.29) is 28.7 Å². The van der Waals surface area contributed by atoms with E-state index in [2.05, 4.69) is 25.8 Å². The number of hydrogen-bond donors (Lipinski definition) is 3. The van der Waals surface area contributed by atoms with Crippen LogP contribution in [-0.4, -0.2) is 28.5 Å². The molecule has 24 heavy (non-hydrogen) atoms. The number of aliphatic hydroxyl groups is 2. The Kier molecular flexibility index (Phi) is 3.70. The van der Waals surface area contributed by atoms with E-state index >= 15 is 0 Å². The summed E-state index contributed by atoms with van der Waals surface area (Å²) in [5.74, 6) is 4.01. The molecule has 4 aliphatic carbocycles. The van der Waals surface area contributed by atoms with Crippen molar-refractivity contribution in [3.05, 3.63) is 11.6 Å². The van der Waals surface area contributed by atoms with Crippen molar-refractivity contribution in [3.8, 4) is 12.3 Å². The van der Waals surface area contributed by atoms with Crippen molar-refractivity contribution in [3.63, 3.8) is 0 Å². The van der Waals surface area contributed by atoms with Gasteiger partial charge in [-0.1, -0.05) is 25.8 Å². The van der Waals surface area contributed by atoms with Crippen LogP contribution < -0.4 is 5.73 Å². The zero-order valence-electron chi connectivity index (χ0n) is 14.9. The van der Waals surface area contributed by atoms with E-state index in [0.29, 0.717) is 11.8 Å². The summed E-state index contributed by atoms with van der Waals surface area (Å²) in [4.78, 5) is 0. The Morgan fingerprint density at radius 2 is 1.88 bits per heavy atom. The normalized spacial score (nSPS) is 56.5. The maximum absolute atomic E-state index is 11.1. The molecule has 0 bridgehead atoms. The van der Waals surface area contributed by atoms with Gasteiger partial charge in [-0.15, -0.1) is 6.42 Å². The molecular formula is C21H31NO2. The minimum absolute atomic E-state index is 0.00484. The summed E-state index contributed by atoms with van der Waals surface area (Å²) < 4.78 is 0. The zero-order valence-corrected chi connectivity index (χ0v) is 14.9. The highest BCUT2D eigenvalue weighted by Gasteiger charge is 2.63. The van der Waals surface area contributed by atoms with Crippen molar-refractivity contribution < 1.29 is 10.2 Å². The number of terminal acetylenes is 1. The summed E-state index contributed by atoms with van der Waals surface area (Å²) in [6.45, 7) is 4.63. The third-order valence-electron chi connectivity index (χ3n) is 8.53. The average Bonchev–Trinajstić information content (AvgIpc) is 2.90. The minimum atomic E-state index is -0.653. The molecule has 0 aromatic heterocycles. The van der Waals surface area contributed by atoms with Crippen molar-refractivity contribution in [1.29, 1.82) is 0 Å². The lowest BCUT2D eigenvalue weighted by Gasteiger charge is -2.63. The van der Waals surface area contributed by atoms with Gasteiger partial charge in [-0.2, -0.15) is 0 Å². The maximum Gasteiger partial charge on any atom is 0.0836 e. The highest BCUT2D eigenvalue weighted by molar-refractivity contribution is 5.38. The standard InChI is InChI=1S/C21H31NO2/c1-4-12-5-6-14-17-15(8-10-20(12,14)2)21(3)9-7-13(22)11-16(21)18(23)19(17)24/h1,5,13-19,23-24H,6-11,22H2,2-3H3/t13-,14?,15?,16?,17?,18+,19?,20+,21+/m0/s1. The van der Waals surface area contributed by atoms with E-state index in [0.717, 1.165) is 44.1 Å². The monoisotopic (exact) mass is 329 g/mol. The maximum atomic E-state index is 11.1. The van der Waals surface area contributed by atoms with Crippen LogP contribution in [0.15, 0.2) is 11.6 Å². The quantitative estimate of drug-likeness (QED) is 0.598. The van der Waals surface area contributed by atoms with Gasteiger partial charge in [0.05, 0.1) is 12.2 Å². The van der Waals surface area contributed by atoms with Crippen LogP contribution in [0.4, 0.5) is 0 Å². The summed E-state index contributed by atoms with van der Waals surface area (Å²) in [6, 6.07) is 0.163. The van der Waals surface area contributed by atoms with Gasteiger partial charge in [0.1, 0.15) is 0 Å². The van der Waals surface area contributed by atoms with Gasteiger partial charge in [0.25, 0.3) is 0 Å². The molecule has 4 aliphatic rings. The van der Waals surface area contributed by atoms with E-state index in [1.165, 1.54) is 0 Å². The van der Waals surface area contributed by atoms with Crippen LogP contribution in [0, 0.1) is 46.8 Å². The second-order valence-corrected chi connectivity index (χ2v) is 9.37. The smallest absolute Gasteiger partial charge is 0.0836 e. The summed E-state index contributed by atoms with van der Waals surface area (Å²) in [5.41, 5.74) is 7.41. The average molecular weight is 329 g/mol. The molecule has 0 aromatic rings. The van der Waals surface area contributed by atoms with Gasteiger partial charge in [0.15, 0.2) is 0 Å². The third-order valence-corrected chi connectivity index (χ3v) is 8.53. The Balaban J connectivity index is 1.72. The molecule has 4 N–H and O–H groups in total. The first-order chi connectivity index (χ1) is 11.3. The molecule has 9 atom stereocenters. The molecule has 0 saturated heterocycles. The predicted octanol–water partition coefficient (Wildman–Crippen LogP) is 2.47. The lowest BCUT2D eigenvalue weighted by atomic mass is 9.43. The van der Waals surface area contributed by atoms with Gasteiger partial charge in [0.2, 0.25) is 0 Å². The molecule has 5 unspecified atom stereocenters. The molecule has 3 heteroatoms. The summed E-state index contributed by atoms with van der Waals surface area (Å²) in [5, 5.41) is 22.0. The second-order valence-electron chi connectivity index (χ2n) is 9.37.